The number of aromatic nitrogens is 3. The Balaban J connectivity index is 1.19. The van der Waals surface area contributed by atoms with Crippen LogP contribution < -0.4 is 5.56 Å². The minimum Gasteiger partial charge on any atom is -0.465 e. The fourth-order valence-electron chi connectivity index (χ4n) is 7.52. The van der Waals surface area contributed by atoms with Crippen molar-refractivity contribution in [3.05, 3.63) is 78.9 Å². The number of halogens is 3. The van der Waals surface area contributed by atoms with E-state index in [9.17, 15) is 18.4 Å². The Labute approximate surface area is 280 Å². The molecule has 2 aliphatic carbocycles. The molecule has 0 amide bonds. The van der Waals surface area contributed by atoms with E-state index in [0.717, 1.165) is 52.2 Å². The number of rotatable bonds is 4. The summed E-state index contributed by atoms with van der Waals surface area (Å²) in [5.41, 5.74) is 4.14. The largest absolute Gasteiger partial charge is 0.465 e. The summed E-state index contributed by atoms with van der Waals surface area (Å²) in [5.74, 6) is 4.01. The highest BCUT2D eigenvalue weighted by molar-refractivity contribution is 7.18. The lowest BCUT2D eigenvalue weighted by Crippen LogP contribution is -2.56. The molecule has 244 valence electrons. The van der Waals surface area contributed by atoms with Gasteiger partial charge in [-0.15, -0.1) is 11.3 Å². The maximum atomic E-state index is 14.3. The quantitative estimate of drug-likeness (QED) is 0.171. The van der Waals surface area contributed by atoms with Gasteiger partial charge in [-0.2, -0.15) is 0 Å². The minimum absolute atomic E-state index is 0.0295. The number of fused-ring (bicyclic) bond motifs is 2. The van der Waals surface area contributed by atoms with Crippen molar-refractivity contribution >= 4 is 39.1 Å². The third-order valence-electron chi connectivity index (χ3n) is 10.3. The molecule has 0 N–H and O–H groups in total. The highest BCUT2D eigenvalue weighted by Gasteiger charge is 2.71. The Morgan fingerprint density at radius 1 is 1.17 bits per heavy atom. The maximum Gasteiger partial charge on any atom is 0.340 e. The van der Waals surface area contributed by atoms with Crippen molar-refractivity contribution in [3.8, 4) is 23.0 Å². The smallest absolute Gasteiger partial charge is 0.340 e. The predicted octanol–water partition coefficient (Wildman–Crippen LogP) is 7.00. The van der Waals surface area contributed by atoms with E-state index >= 15 is 0 Å². The number of carbonyl (C=O) groups excluding carboxylic acids is 1. The van der Waals surface area contributed by atoms with Crippen molar-refractivity contribution in [2.75, 3.05) is 20.2 Å². The second kappa shape index (κ2) is 11.5. The number of benzene rings is 1. The molecule has 47 heavy (non-hydrogen) atoms. The molecule has 2 fully saturated rings. The molecular weight excluding hydrogens is 642 g/mol. The predicted molar refractivity (Wildman–Crippen MR) is 179 cm³/mol. The molecule has 3 aromatic heterocycles. The van der Waals surface area contributed by atoms with Gasteiger partial charge in [0.05, 0.1) is 40.5 Å². The third-order valence-corrected chi connectivity index (χ3v) is 11.6. The molecule has 1 spiro atoms. The zero-order valence-corrected chi connectivity index (χ0v) is 28.4. The van der Waals surface area contributed by atoms with Crippen LogP contribution in [0.4, 0.5) is 8.78 Å². The molecule has 7 rings (SSSR count). The van der Waals surface area contributed by atoms with Crippen LogP contribution in [0.3, 0.4) is 0 Å². The molecule has 3 aliphatic rings. The van der Waals surface area contributed by atoms with E-state index in [1.165, 1.54) is 18.4 Å². The summed E-state index contributed by atoms with van der Waals surface area (Å²) < 4.78 is 36.0. The highest BCUT2D eigenvalue weighted by Crippen LogP contribution is 2.65. The fourth-order valence-corrected chi connectivity index (χ4v) is 8.70. The van der Waals surface area contributed by atoms with E-state index < -0.39 is 17.3 Å². The van der Waals surface area contributed by atoms with E-state index in [1.54, 1.807) is 16.0 Å². The molecule has 1 saturated heterocycles. The van der Waals surface area contributed by atoms with Crippen LogP contribution in [0.25, 0.3) is 21.3 Å². The number of methoxy groups -OCH3 is 1. The SMILES string of the molecule is COC(=O)c1csc2c(-c3cc(Cl)ccc3C#CCn3c(C)nc4c(c3=O)C[C@@](C)(N3CCC[C@@]5(C3)CC5(F)F)CC4)cc(C)nc12. The Bertz CT molecular complexity index is 2080. The van der Waals surface area contributed by atoms with Crippen LogP contribution in [0.15, 0.2) is 34.4 Å². The number of carbonyl (C=O) groups is 1. The van der Waals surface area contributed by atoms with E-state index in [2.05, 4.69) is 28.6 Å². The summed E-state index contributed by atoms with van der Waals surface area (Å²) in [5, 5.41) is 2.29. The lowest BCUT2D eigenvalue weighted by Gasteiger charge is -2.48. The van der Waals surface area contributed by atoms with Gasteiger partial charge >= 0.3 is 5.97 Å². The zero-order chi connectivity index (χ0) is 33.3. The molecule has 7 nitrogen and oxygen atoms in total. The van der Waals surface area contributed by atoms with Gasteiger partial charge in [-0.1, -0.05) is 23.4 Å². The lowest BCUT2D eigenvalue weighted by molar-refractivity contribution is -0.0161. The van der Waals surface area contributed by atoms with Crippen molar-refractivity contribution < 1.29 is 18.3 Å². The van der Waals surface area contributed by atoms with Crippen LogP contribution in [0.5, 0.6) is 0 Å². The molecular formula is C36H35ClF2N4O3S. The number of alkyl halides is 2. The van der Waals surface area contributed by atoms with Gasteiger partial charge in [-0.25, -0.2) is 18.6 Å². The van der Waals surface area contributed by atoms with Gasteiger partial charge in [0.15, 0.2) is 0 Å². The molecule has 0 unspecified atom stereocenters. The Morgan fingerprint density at radius 3 is 2.70 bits per heavy atom. The van der Waals surface area contributed by atoms with E-state index in [4.69, 9.17) is 21.3 Å². The number of likely N-dealkylation sites (tertiary alicyclic amines) is 1. The fraction of sp³-hybridized carbons (Fsp3) is 0.444. The van der Waals surface area contributed by atoms with Gasteiger partial charge in [-0.3, -0.25) is 19.2 Å². The van der Waals surface area contributed by atoms with Crippen molar-refractivity contribution in [1.29, 1.82) is 0 Å². The molecule has 0 radical (unpaired) electrons. The van der Waals surface area contributed by atoms with Crippen LogP contribution in [-0.4, -0.2) is 57.1 Å². The number of aryl methyl sites for hydroxylation is 3. The number of thiophene rings is 1. The average Bonchev–Trinajstić information content (AvgIpc) is 3.32. The number of pyridine rings is 1. The summed E-state index contributed by atoms with van der Waals surface area (Å²) in [6.07, 6.45) is 3.19. The molecule has 4 heterocycles. The number of esters is 1. The number of piperidine rings is 1. The second-order valence-electron chi connectivity index (χ2n) is 13.5. The molecule has 11 heteroatoms. The first-order valence-electron chi connectivity index (χ1n) is 15.8. The van der Waals surface area contributed by atoms with E-state index in [1.807, 2.05) is 32.0 Å². The van der Waals surface area contributed by atoms with Crippen LogP contribution in [-0.2, 0) is 24.1 Å². The summed E-state index contributed by atoms with van der Waals surface area (Å²) in [6, 6.07) is 7.42. The van der Waals surface area contributed by atoms with Crippen molar-refractivity contribution in [3.63, 3.8) is 0 Å². The monoisotopic (exact) mass is 676 g/mol. The molecule has 1 aliphatic heterocycles. The van der Waals surface area contributed by atoms with Crippen LogP contribution >= 0.6 is 22.9 Å². The van der Waals surface area contributed by atoms with Crippen LogP contribution in [0.2, 0.25) is 5.02 Å². The molecule has 4 aromatic rings. The summed E-state index contributed by atoms with van der Waals surface area (Å²) in [4.78, 5) is 38.0. The summed E-state index contributed by atoms with van der Waals surface area (Å²) in [6.45, 7) is 7.09. The summed E-state index contributed by atoms with van der Waals surface area (Å²) >= 11 is 7.86. The van der Waals surface area contributed by atoms with Crippen LogP contribution in [0, 0.1) is 31.1 Å². The van der Waals surface area contributed by atoms with Crippen molar-refractivity contribution in [1.82, 2.24) is 19.4 Å². The Kier molecular flexibility index (Phi) is 7.81. The Hall–Kier alpha value is -3.65. The lowest BCUT2D eigenvalue weighted by atomic mass is 9.78. The third kappa shape index (κ3) is 5.46. The van der Waals surface area contributed by atoms with Gasteiger partial charge in [0.25, 0.3) is 11.5 Å². The average molecular weight is 677 g/mol. The maximum absolute atomic E-state index is 14.3. The molecule has 1 saturated carbocycles. The molecule has 2 atom stereocenters. The topological polar surface area (TPSA) is 77.3 Å². The molecule has 0 bridgehead atoms. The molecule has 1 aromatic carbocycles. The normalized spacial score (nSPS) is 23.3. The highest BCUT2D eigenvalue weighted by atomic mass is 35.5. The van der Waals surface area contributed by atoms with Crippen LogP contribution in [0.1, 0.15) is 71.3 Å². The van der Waals surface area contributed by atoms with Gasteiger partial charge in [0.2, 0.25) is 0 Å². The second-order valence-corrected chi connectivity index (χ2v) is 14.8. The number of hydrogen-bond donors (Lipinski definition) is 0. The first-order chi connectivity index (χ1) is 22.3. The number of nitrogens with zero attached hydrogens (tertiary/aromatic N) is 4. The van der Waals surface area contributed by atoms with Crippen molar-refractivity contribution in [2.45, 2.75) is 77.3 Å². The van der Waals surface area contributed by atoms with Gasteiger partial charge in [0.1, 0.15) is 5.82 Å². The first kappa shape index (κ1) is 31.9. The van der Waals surface area contributed by atoms with Gasteiger partial charge in [0, 0.05) is 56.9 Å². The van der Waals surface area contributed by atoms with Gasteiger partial charge in [-0.05, 0) is 83.7 Å². The van der Waals surface area contributed by atoms with Crippen molar-refractivity contribution in [2.24, 2.45) is 5.41 Å². The Morgan fingerprint density at radius 2 is 1.96 bits per heavy atom. The first-order valence-corrected chi connectivity index (χ1v) is 17.1. The minimum atomic E-state index is -2.58. The summed E-state index contributed by atoms with van der Waals surface area (Å²) in [7, 11) is 1.35. The van der Waals surface area contributed by atoms with Gasteiger partial charge < -0.3 is 4.74 Å². The number of hydrogen-bond acceptors (Lipinski definition) is 7. The standard InChI is InChI=1S/C36H35ClF2N4O3S/c1-21-15-26(31-30(40-21)28(18-47-31)33(45)46-4)25-16-24(37)9-8-23(25)7-5-14-43-22(2)41-29-10-12-34(3,17-27(29)32(43)44)42-13-6-11-35(20-42)19-36(35,38)39/h8-9,15-16,18H,6,10-14,17,19-20H2,1-4H3/t34-,35-/m0/s1. The number of ether oxygens (including phenoxy) is 1. The van der Waals surface area contributed by atoms with E-state index in [0.29, 0.717) is 53.3 Å². The van der Waals surface area contributed by atoms with E-state index in [-0.39, 0.29) is 24.1 Å². The zero-order valence-electron chi connectivity index (χ0n) is 26.8.